The fraction of sp³-hybridized carbons (Fsp3) is 0.200. The van der Waals surface area contributed by atoms with Crippen LogP contribution in [-0.2, 0) is 25.9 Å². The molecule has 0 atom stereocenters. The van der Waals surface area contributed by atoms with Gasteiger partial charge in [-0.05, 0) is 48.0 Å². The molecule has 1 N–H and O–H groups in total. The molecule has 2 heterocycles. The number of benzene rings is 2. The fourth-order valence-electron chi connectivity index (χ4n) is 3.79. The lowest BCUT2D eigenvalue weighted by atomic mass is 10.1. The van der Waals surface area contributed by atoms with Crippen molar-refractivity contribution in [2.45, 2.75) is 0 Å². The first-order chi connectivity index (χ1) is 16.7. The van der Waals surface area contributed by atoms with Crippen molar-refractivity contribution in [3.63, 3.8) is 0 Å². The van der Waals surface area contributed by atoms with Crippen molar-refractivity contribution in [2.24, 2.45) is 21.1 Å². The summed E-state index contributed by atoms with van der Waals surface area (Å²) in [6.45, 7) is 0. The number of aromatic nitrogens is 4. The topological polar surface area (TPSA) is 109 Å². The van der Waals surface area contributed by atoms with Crippen LogP contribution >= 0.6 is 0 Å². The Labute approximate surface area is 200 Å². The summed E-state index contributed by atoms with van der Waals surface area (Å²) in [6.07, 6.45) is 3.10. The van der Waals surface area contributed by atoms with E-state index >= 15 is 0 Å². The Hall–Kier alpha value is -4.60. The van der Waals surface area contributed by atoms with Crippen molar-refractivity contribution in [2.75, 3.05) is 19.5 Å². The largest absolute Gasteiger partial charge is 0.493 e. The van der Waals surface area contributed by atoms with E-state index in [9.17, 15) is 14.4 Å². The Morgan fingerprint density at radius 1 is 0.914 bits per heavy atom. The number of nitrogens with zero attached hydrogens (tertiary/aromatic N) is 4. The Bertz CT molecular complexity index is 1580. The predicted molar refractivity (Wildman–Crippen MR) is 134 cm³/mol. The number of fused-ring (bicyclic) bond motifs is 1. The monoisotopic (exact) mass is 475 g/mol. The molecule has 35 heavy (non-hydrogen) atoms. The molecule has 0 bridgehead atoms. The van der Waals surface area contributed by atoms with Crippen LogP contribution in [0.5, 0.6) is 11.5 Å². The lowest BCUT2D eigenvalue weighted by Crippen LogP contribution is -2.37. The van der Waals surface area contributed by atoms with Gasteiger partial charge in [0.05, 0.1) is 14.2 Å². The SMILES string of the molecule is COc1ccc(/C=C\C(=O)Nc2ccc(-c3nc4c(c(=O)n(C)c(=O)n4C)n3C)cc2)cc1OC. The number of amides is 1. The normalized spacial score (nSPS) is 11.2. The van der Waals surface area contributed by atoms with Crippen LogP contribution in [0.4, 0.5) is 5.69 Å². The second kappa shape index (κ2) is 9.34. The standard InChI is InChI=1S/C25H25N5O5/c1-28-21-23(29(2)25(33)30(3)24(21)32)27-22(28)16-8-10-17(11-9-16)26-20(31)13-7-15-6-12-18(34-4)19(14-15)35-5/h6-14H,1-5H3,(H,26,31)/b13-7-. The van der Waals surface area contributed by atoms with Gasteiger partial charge in [0.2, 0.25) is 5.91 Å². The summed E-state index contributed by atoms with van der Waals surface area (Å²) in [5.74, 6) is 1.42. The third kappa shape index (κ3) is 4.33. The minimum atomic E-state index is -0.439. The van der Waals surface area contributed by atoms with Gasteiger partial charge in [0.25, 0.3) is 5.56 Å². The highest BCUT2D eigenvalue weighted by Gasteiger charge is 2.18. The van der Waals surface area contributed by atoms with Crippen molar-refractivity contribution in [3.8, 4) is 22.9 Å². The van der Waals surface area contributed by atoms with E-state index in [-0.39, 0.29) is 5.91 Å². The molecule has 2 aromatic heterocycles. The maximum atomic E-state index is 12.6. The van der Waals surface area contributed by atoms with Crippen LogP contribution in [0.15, 0.2) is 58.1 Å². The average molecular weight is 476 g/mol. The summed E-state index contributed by atoms with van der Waals surface area (Å²) in [4.78, 5) is 41.7. The number of methoxy groups -OCH3 is 2. The molecule has 0 saturated carbocycles. The van der Waals surface area contributed by atoms with Gasteiger partial charge in [-0.1, -0.05) is 6.07 Å². The molecule has 4 rings (SSSR count). The van der Waals surface area contributed by atoms with Crippen LogP contribution in [0.3, 0.4) is 0 Å². The van der Waals surface area contributed by atoms with Crippen molar-refractivity contribution in [1.29, 1.82) is 0 Å². The van der Waals surface area contributed by atoms with Gasteiger partial charge in [0.15, 0.2) is 22.7 Å². The van der Waals surface area contributed by atoms with E-state index in [4.69, 9.17) is 9.47 Å². The molecule has 0 radical (unpaired) electrons. The molecule has 10 nitrogen and oxygen atoms in total. The van der Waals surface area contributed by atoms with E-state index in [1.807, 2.05) is 6.07 Å². The van der Waals surface area contributed by atoms with Crippen LogP contribution in [0, 0.1) is 0 Å². The number of carbonyl (C=O) groups excluding carboxylic acids is 1. The zero-order chi connectivity index (χ0) is 25.3. The summed E-state index contributed by atoms with van der Waals surface area (Å²) in [5, 5.41) is 2.81. The Morgan fingerprint density at radius 2 is 1.60 bits per heavy atom. The molecular weight excluding hydrogens is 450 g/mol. The molecule has 4 aromatic rings. The summed E-state index contributed by atoms with van der Waals surface area (Å²) < 4.78 is 14.6. The van der Waals surface area contributed by atoms with Crippen LogP contribution in [-0.4, -0.2) is 38.8 Å². The lowest BCUT2D eigenvalue weighted by molar-refractivity contribution is -0.111. The lowest BCUT2D eigenvalue weighted by Gasteiger charge is -2.07. The highest BCUT2D eigenvalue weighted by molar-refractivity contribution is 6.02. The quantitative estimate of drug-likeness (QED) is 0.429. The van der Waals surface area contributed by atoms with E-state index in [0.717, 1.165) is 15.7 Å². The number of nitrogens with one attached hydrogen (secondary N) is 1. The number of aryl methyl sites for hydroxylation is 2. The fourth-order valence-corrected chi connectivity index (χ4v) is 3.79. The van der Waals surface area contributed by atoms with Crippen molar-refractivity contribution >= 4 is 28.8 Å². The highest BCUT2D eigenvalue weighted by atomic mass is 16.5. The number of hydrogen-bond acceptors (Lipinski definition) is 6. The zero-order valence-electron chi connectivity index (χ0n) is 20.0. The van der Waals surface area contributed by atoms with Gasteiger partial charge < -0.3 is 19.4 Å². The van der Waals surface area contributed by atoms with Gasteiger partial charge in [-0.25, -0.2) is 9.78 Å². The zero-order valence-corrected chi connectivity index (χ0v) is 20.0. The van der Waals surface area contributed by atoms with E-state index in [1.54, 1.807) is 75.4 Å². The predicted octanol–water partition coefficient (Wildman–Crippen LogP) is 2.31. The molecule has 0 unspecified atom stereocenters. The first kappa shape index (κ1) is 23.6. The molecular formula is C25H25N5O5. The molecule has 10 heteroatoms. The van der Waals surface area contributed by atoms with Crippen LogP contribution < -0.4 is 26.0 Å². The third-order valence-electron chi connectivity index (χ3n) is 5.72. The molecule has 180 valence electrons. The Balaban J connectivity index is 1.54. The molecule has 0 saturated heterocycles. The Kier molecular flexibility index (Phi) is 6.28. The van der Waals surface area contributed by atoms with Crippen LogP contribution in [0.25, 0.3) is 28.6 Å². The minimum Gasteiger partial charge on any atom is -0.493 e. The number of anilines is 1. The minimum absolute atomic E-state index is 0.297. The van der Waals surface area contributed by atoms with Gasteiger partial charge in [-0.3, -0.25) is 18.7 Å². The molecule has 0 aliphatic rings. The number of imidazole rings is 1. The first-order valence-electron chi connectivity index (χ1n) is 10.7. The Morgan fingerprint density at radius 3 is 2.26 bits per heavy atom. The van der Waals surface area contributed by atoms with E-state index in [1.165, 1.54) is 17.7 Å². The third-order valence-corrected chi connectivity index (χ3v) is 5.72. The van der Waals surface area contributed by atoms with Gasteiger partial charge in [-0.15, -0.1) is 0 Å². The maximum absolute atomic E-state index is 12.6. The number of rotatable bonds is 6. The summed E-state index contributed by atoms with van der Waals surface area (Å²) in [6, 6.07) is 12.4. The van der Waals surface area contributed by atoms with Gasteiger partial charge >= 0.3 is 5.69 Å². The van der Waals surface area contributed by atoms with Crippen LogP contribution in [0.1, 0.15) is 5.56 Å². The first-order valence-corrected chi connectivity index (χ1v) is 10.7. The smallest absolute Gasteiger partial charge is 0.332 e. The average Bonchev–Trinajstić information content (AvgIpc) is 3.22. The number of carbonyl (C=O) groups is 1. The van der Waals surface area contributed by atoms with Crippen LogP contribution in [0.2, 0.25) is 0 Å². The summed E-state index contributed by atoms with van der Waals surface area (Å²) in [5.41, 5.74) is 1.92. The summed E-state index contributed by atoms with van der Waals surface area (Å²) in [7, 11) is 7.86. The second-order valence-corrected chi connectivity index (χ2v) is 7.89. The maximum Gasteiger partial charge on any atom is 0.332 e. The van der Waals surface area contributed by atoms with Crippen molar-refractivity contribution < 1.29 is 14.3 Å². The van der Waals surface area contributed by atoms with Gasteiger partial charge in [0, 0.05) is 38.5 Å². The number of ether oxygens (including phenoxy) is 2. The molecule has 2 aromatic carbocycles. The van der Waals surface area contributed by atoms with Gasteiger partial charge in [-0.2, -0.15) is 0 Å². The second-order valence-electron chi connectivity index (χ2n) is 7.89. The number of hydrogen-bond donors (Lipinski definition) is 1. The van der Waals surface area contributed by atoms with E-state index < -0.39 is 11.2 Å². The summed E-state index contributed by atoms with van der Waals surface area (Å²) >= 11 is 0. The molecule has 0 aliphatic heterocycles. The molecule has 0 fully saturated rings. The molecule has 0 spiro atoms. The van der Waals surface area contributed by atoms with Crippen molar-refractivity contribution in [1.82, 2.24) is 18.7 Å². The highest BCUT2D eigenvalue weighted by Crippen LogP contribution is 2.28. The van der Waals surface area contributed by atoms with Gasteiger partial charge in [0.1, 0.15) is 5.82 Å². The van der Waals surface area contributed by atoms with E-state index in [0.29, 0.717) is 34.2 Å². The molecule has 1 amide bonds. The van der Waals surface area contributed by atoms with E-state index in [2.05, 4.69) is 10.3 Å². The van der Waals surface area contributed by atoms with Crippen molar-refractivity contribution in [3.05, 3.63) is 74.9 Å². The molecule has 0 aliphatic carbocycles.